The summed E-state index contributed by atoms with van der Waals surface area (Å²) < 4.78 is 79.0. The van der Waals surface area contributed by atoms with Crippen molar-refractivity contribution in [2.24, 2.45) is 0 Å². The van der Waals surface area contributed by atoms with Gasteiger partial charge in [0, 0.05) is 34.1 Å². The van der Waals surface area contributed by atoms with Gasteiger partial charge in [0.05, 0.1) is 23.3 Å². The number of allylic oxidation sites excluding steroid dienone is 2. The number of unbranched alkanes of at least 4 members (excludes halogenated alkanes) is 2. The topological polar surface area (TPSA) is 138 Å². The van der Waals surface area contributed by atoms with E-state index in [1.165, 1.54) is 0 Å². The zero-order valence-corrected chi connectivity index (χ0v) is 27.1. The molecule has 41 heavy (non-hydrogen) atoms. The third-order valence-corrected chi connectivity index (χ3v) is 9.07. The molecule has 0 fully saturated rings. The van der Waals surface area contributed by atoms with E-state index in [0.717, 1.165) is 25.7 Å². The fourth-order valence-electron chi connectivity index (χ4n) is 4.50. The molecule has 1 aliphatic heterocycles. The van der Waals surface area contributed by atoms with Crippen LogP contribution in [0.5, 0.6) is 5.75 Å². The highest BCUT2D eigenvalue weighted by Gasteiger charge is 2.27. The molecule has 0 spiro atoms. The molecule has 1 aliphatic rings. The van der Waals surface area contributed by atoms with Crippen LogP contribution in [0.1, 0.15) is 44.9 Å². The van der Waals surface area contributed by atoms with Gasteiger partial charge in [0.15, 0.2) is 12.3 Å². The fourth-order valence-corrected chi connectivity index (χ4v) is 6.33. The molecule has 0 bridgehead atoms. The maximum atomic E-state index is 11.2. The van der Waals surface area contributed by atoms with Crippen LogP contribution in [0.2, 0.25) is 0 Å². The van der Waals surface area contributed by atoms with Crippen molar-refractivity contribution in [3.63, 3.8) is 0 Å². The van der Waals surface area contributed by atoms with Gasteiger partial charge in [-0.05, 0) is 61.6 Å². The number of aromatic nitrogens is 1. The summed E-state index contributed by atoms with van der Waals surface area (Å²) >= 11 is 7.01. The average Bonchev–Trinajstić information content (AvgIpc) is 3.39. The van der Waals surface area contributed by atoms with Crippen LogP contribution in [0.4, 0.5) is 5.69 Å². The van der Waals surface area contributed by atoms with Gasteiger partial charge < -0.3 is 14.1 Å². The lowest BCUT2D eigenvalue weighted by Crippen LogP contribution is -2.35. The number of oxazole rings is 1. The molecule has 0 radical (unpaired) electrons. The minimum Gasteiger partial charge on any atom is -0.439 e. The zero-order valence-electron chi connectivity index (χ0n) is 22.3. The van der Waals surface area contributed by atoms with Crippen molar-refractivity contribution < 1.29 is 39.7 Å². The number of hydrogen-bond acceptors (Lipinski definition) is 7. The normalized spacial score (nSPS) is 15.1. The van der Waals surface area contributed by atoms with Crippen molar-refractivity contribution in [3.05, 3.63) is 68.8 Å². The lowest BCUT2D eigenvalue weighted by molar-refractivity contribution is -0.678. The van der Waals surface area contributed by atoms with E-state index >= 15 is 0 Å². The van der Waals surface area contributed by atoms with Gasteiger partial charge in [0.25, 0.3) is 25.8 Å². The Hall–Kier alpha value is -2.23. The zero-order chi connectivity index (χ0) is 29.8. The highest BCUT2D eigenvalue weighted by atomic mass is 79.9. The number of halogens is 2. The van der Waals surface area contributed by atoms with Crippen molar-refractivity contribution in [3.8, 4) is 5.75 Å². The summed E-state index contributed by atoms with van der Waals surface area (Å²) in [4.78, 5) is 1.98. The van der Waals surface area contributed by atoms with Crippen LogP contribution in [0.3, 0.4) is 0 Å². The molecule has 10 nitrogen and oxygen atoms in total. The summed E-state index contributed by atoms with van der Waals surface area (Å²) in [6.07, 6.45) is 6.11. The van der Waals surface area contributed by atoms with Crippen LogP contribution >= 0.6 is 31.9 Å². The Kier molecular flexibility index (Phi) is 10.3. The van der Waals surface area contributed by atoms with Gasteiger partial charge in [0.1, 0.15) is 0 Å². The van der Waals surface area contributed by atoms with E-state index in [0.29, 0.717) is 68.3 Å². The van der Waals surface area contributed by atoms with Crippen LogP contribution in [0, 0.1) is 0 Å². The molecule has 2 N–H and O–H groups in total. The number of nitrogens with zero attached hydrogens (tertiary/aromatic N) is 2. The molecule has 0 atom stereocenters. The molecule has 14 heteroatoms. The lowest BCUT2D eigenvalue weighted by atomic mass is 10.1. The van der Waals surface area contributed by atoms with E-state index in [-0.39, 0.29) is 11.5 Å². The van der Waals surface area contributed by atoms with Gasteiger partial charge in [-0.15, -0.1) is 0 Å². The summed E-state index contributed by atoms with van der Waals surface area (Å²) in [6, 6.07) is 11.4. The van der Waals surface area contributed by atoms with Crippen LogP contribution in [-0.4, -0.2) is 44.0 Å². The standard InChI is InChI=1S/C27H30Br2N2O8S2/c1-2-19(15-26-30(11-3-5-13-40(32,33)34)22-17-20(28)7-9-24(22)38-26)16-27-31(12-4-6-14-41(35,36)37)23-18-21(29)8-10-25(23)39-27/h7-10,15-18H,2-6,11-14H2,1H3,(H-,32,33,34,35,36,37)/p+1. The van der Waals surface area contributed by atoms with Crippen molar-refractivity contribution in [1.82, 2.24) is 0 Å². The second kappa shape index (κ2) is 13.4. The van der Waals surface area contributed by atoms with Gasteiger partial charge in [-0.2, -0.15) is 21.4 Å². The molecule has 2 aromatic carbocycles. The maximum absolute atomic E-state index is 11.2. The molecule has 4 rings (SSSR count). The van der Waals surface area contributed by atoms with Crippen LogP contribution < -0.4 is 14.2 Å². The number of benzene rings is 2. The summed E-state index contributed by atoms with van der Waals surface area (Å²) in [5, 5.41) is 0. The molecular weight excluding hydrogens is 704 g/mol. The first-order valence-corrected chi connectivity index (χ1v) is 17.8. The number of rotatable bonds is 13. The largest absolute Gasteiger partial charge is 0.439 e. The third-order valence-electron chi connectivity index (χ3n) is 6.48. The maximum Gasteiger partial charge on any atom is 0.374 e. The third kappa shape index (κ3) is 8.88. The van der Waals surface area contributed by atoms with E-state index in [9.17, 15) is 16.8 Å². The van der Waals surface area contributed by atoms with Gasteiger partial charge in [0.2, 0.25) is 11.5 Å². The van der Waals surface area contributed by atoms with Gasteiger partial charge in [-0.3, -0.25) is 9.11 Å². The van der Waals surface area contributed by atoms with E-state index < -0.39 is 20.2 Å². The first-order chi connectivity index (χ1) is 19.3. The Morgan fingerprint density at radius 1 is 0.951 bits per heavy atom. The van der Waals surface area contributed by atoms with Gasteiger partial charge in [-0.1, -0.05) is 38.8 Å². The molecule has 2 heterocycles. The highest BCUT2D eigenvalue weighted by Crippen LogP contribution is 2.41. The summed E-state index contributed by atoms with van der Waals surface area (Å²) in [5.74, 6) is 1.22. The number of hydrogen-bond donors (Lipinski definition) is 2. The van der Waals surface area contributed by atoms with Gasteiger partial charge >= 0.3 is 5.89 Å². The minimum atomic E-state index is -4.03. The summed E-state index contributed by atoms with van der Waals surface area (Å²) in [6.45, 7) is 2.97. The predicted octanol–water partition coefficient (Wildman–Crippen LogP) is 6.12. The molecule has 3 aromatic rings. The second-order valence-corrected chi connectivity index (χ2v) is 14.6. The predicted molar refractivity (Wildman–Crippen MR) is 164 cm³/mol. The Morgan fingerprint density at radius 3 is 2.29 bits per heavy atom. The first kappa shape index (κ1) is 31.7. The van der Waals surface area contributed by atoms with Crippen LogP contribution in [-0.2, 0) is 26.8 Å². The van der Waals surface area contributed by atoms with E-state index in [1.54, 1.807) is 0 Å². The molecule has 0 aliphatic carbocycles. The van der Waals surface area contributed by atoms with E-state index in [1.807, 2.05) is 64.9 Å². The Bertz CT molecular complexity index is 1700. The molecule has 1 aromatic heterocycles. The summed E-state index contributed by atoms with van der Waals surface area (Å²) in [5.41, 5.74) is 3.26. The summed E-state index contributed by atoms with van der Waals surface area (Å²) in [7, 11) is -8.06. The van der Waals surface area contributed by atoms with Crippen LogP contribution in [0.25, 0.3) is 17.2 Å². The smallest absolute Gasteiger partial charge is 0.374 e. The molecule has 0 saturated heterocycles. The first-order valence-electron chi connectivity index (χ1n) is 13.0. The highest BCUT2D eigenvalue weighted by molar-refractivity contribution is 9.10. The van der Waals surface area contributed by atoms with E-state index in [4.69, 9.17) is 18.3 Å². The lowest BCUT2D eigenvalue weighted by Gasteiger charge is -2.18. The number of anilines is 1. The Morgan fingerprint density at radius 2 is 1.61 bits per heavy atom. The number of ether oxygens (including phenoxy) is 1. The monoisotopic (exact) mass is 733 g/mol. The molecule has 222 valence electrons. The minimum absolute atomic E-state index is 0.300. The Labute approximate surface area is 256 Å². The van der Waals surface area contributed by atoms with Crippen molar-refractivity contribution in [2.75, 3.05) is 23.0 Å². The molecule has 0 saturated carbocycles. The van der Waals surface area contributed by atoms with Crippen molar-refractivity contribution >= 4 is 75.0 Å². The average molecular weight is 735 g/mol. The molecular formula is C27H31Br2N2O8S2+. The Balaban J connectivity index is 1.65. The quantitative estimate of drug-likeness (QED) is 0.121. The fraction of sp³-hybridized carbons (Fsp3) is 0.370. The van der Waals surface area contributed by atoms with Crippen LogP contribution in [0.15, 0.2) is 67.3 Å². The molecule has 0 unspecified atom stereocenters. The molecule has 0 amide bonds. The number of aryl methyl sites for hydroxylation is 1. The van der Waals surface area contributed by atoms with Crippen molar-refractivity contribution in [1.29, 1.82) is 0 Å². The van der Waals surface area contributed by atoms with Gasteiger partial charge in [-0.25, -0.2) is 0 Å². The van der Waals surface area contributed by atoms with Crippen molar-refractivity contribution in [2.45, 2.75) is 45.6 Å². The SMILES string of the molecule is CCC(=C/c1oc2ccc(Br)cc2[n+]1CCCCS(=O)(=O)O)/C=C1\Oc2ccc(Br)cc2N1CCCCS(=O)(=O)O. The number of fused-ring (bicyclic) bond motifs is 2. The van der Waals surface area contributed by atoms with E-state index in [2.05, 4.69) is 31.9 Å². The second-order valence-electron chi connectivity index (χ2n) is 9.61.